The van der Waals surface area contributed by atoms with Crippen molar-refractivity contribution in [3.05, 3.63) is 12.1 Å². The molecule has 1 aliphatic rings. The number of anilines is 2. The molecule has 0 amide bonds. The predicted molar refractivity (Wildman–Crippen MR) is 67.0 cm³/mol. The zero-order chi connectivity index (χ0) is 12.3. The van der Waals surface area contributed by atoms with Crippen LogP contribution in [0.5, 0.6) is 5.88 Å². The zero-order valence-corrected chi connectivity index (χ0v) is 10.0. The third-order valence-corrected chi connectivity index (χ3v) is 3.33. The smallest absolute Gasteiger partial charge is 0.215 e. The average Bonchev–Trinajstić information content (AvgIpc) is 2.79. The van der Waals surface area contributed by atoms with Crippen LogP contribution in [0.4, 0.5) is 11.5 Å². The van der Waals surface area contributed by atoms with E-state index in [0.29, 0.717) is 23.3 Å². The largest absolute Gasteiger partial charge is 0.481 e. The first-order valence-corrected chi connectivity index (χ1v) is 5.92. The summed E-state index contributed by atoms with van der Waals surface area (Å²) in [7, 11) is 1.58. The number of hydrogen-bond acceptors (Lipinski definition) is 5. The number of aliphatic hydroxyl groups excluding tert-OH is 1. The molecule has 5 heteroatoms. The topological polar surface area (TPSA) is 80.4 Å². The normalized spacial score (nSPS) is 23.6. The Bertz CT molecular complexity index is 384. The van der Waals surface area contributed by atoms with Gasteiger partial charge < -0.3 is 20.9 Å². The molecule has 0 saturated heterocycles. The number of hydrogen-bond donors (Lipinski definition) is 3. The molecule has 1 aromatic rings. The standard InChI is InChI=1S/C12H19N3O2/c1-17-11-6-5-9(13)12(15-11)14-10-4-2-3-8(10)7-16/h5-6,8,10,16H,2-4,7,13H2,1H3,(H,14,15). The Morgan fingerprint density at radius 3 is 3.06 bits per heavy atom. The van der Waals surface area contributed by atoms with Crippen LogP contribution in [0.1, 0.15) is 19.3 Å². The van der Waals surface area contributed by atoms with Crippen LogP contribution in [0, 0.1) is 5.92 Å². The zero-order valence-electron chi connectivity index (χ0n) is 10.0. The fourth-order valence-corrected chi connectivity index (χ4v) is 2.30. The number of rotatable bonds is 4. The highest BCUT2D eigenvalue weighted by Gasteiger charge is 2.27. The highest BCUT2D eigenvalue weighted by atomic mass is 16.5. The van der Waals surface area contributed by atoms with Crippen molar-refractivity contribution in [3.8, 4) is 5.88 Å². The molecule has 1 saturated carbocycles. The van der Waals surface area contributed by atoms with Gasteiger partial charge in [0.1, 0.15) is 0 Å². The molecule has 1 fully saturated rings. The van der Waals surface area contributed by atoms with Gasteiger partial charge in [0.05, 0.1) is 12.8 Å². The summed E-state index contributed by atoms with van der Waals surface area (Å²) in [6, 6.07) is 3.76. The fourth-order valence-electron chi connectivity index (χ4n) is 2.30. The number of aromatic nitrogens is 1. The Kier molecular flexibility index (Phi) is 3.68. The second-order valence-corrected chi connectivity index (χ2v) is 4.42. The molecule has 0 bridgehead atoms. The van der Waals surface area contributed by atoms with Crippen LogP contribution in [-0.2, 0) is 0 Å². The van der Waals surface area contributed by atoms with Gasteiger partial charge in [-0.1, -0.05) is 6.42 Å². The molecule has 1 aromatic heterocycles. The molecule has 17 heavy (non-hydrogen) atoms. The van der Waals surface area contributed by atoms with Crippen LogP contribution >= 0.6 is 0 Å². The Labute approximate surface area is 101 Å². The van der Waals surface area contributed by atoms with E-state index in [9.17, 15) is 5.11 Å². The molecule has 2 atom stereocenters. The third kappa shape index (κ3) is 2.61. The molecule has 2 rings (SSSR count). The summed E-state index contributed by atoms with van der Waals surface area (Å²) in [4.78, 5) is 4.28. The van der Waals surface area contributed by atoms with E-state index in [1.165, 1.54) is 0 Å². The molecule has 5 nitrogen and oxygen atoms in total. The Hall–Kier alpha value is -1.49. The van der Waals surface area contributed by atoms with Gasteiger partial charge in [0.2, 0.25) is 5.88 Å². The fraction of sp³-hybridized carbons (Fsp3) is 0.583. The van der Waals surface area contributed by atoms with Gasteiger partial charge in [-0.15, -0.1) is 0 Å². The number of aliphatic hydroxyl groups is 1. The highest BCUT2D eigenvalue weighted by molar-refractivity contribution is 5.62. The van der Waals surface area contributed by atoms with Gasteiger partial charge in [-0.3, -0.25) is 0 Å². The van der Waals surface area contributed by atoms with Crippen LogP contribution < -0.4 is 15.8 Å². The van der Waals surface area contributed by atoms with Crippen LogP contribution in [0.15, 0.2) is 12.1 Å². The minimum atomic E-state index is 0.210. The predicted octanol–water partition coefficient (Wildman–Crippen LogP) is 1.25. The molecule has 0 radical (unpaired) electrons. The van der Waals surface area contributed by atoms with Crippen molar-refractivity contribution in [3.63, 3.8) is 0 Å². The van der Waals surface area contributed by atoms with Crippen molar-refractivity contribution in [1.29, 1.82) is 0 Å². The number of nitrogens with zero attached hydrogens (tertiary/aromatic N) is 1. The molecular formula is C12H19N3O2. The van der Waals surface area contributed by atoms with Crippen LogP contribution in [0.3, 0.4) is 0 Å². The number of nitrogen functional groups attached to an aromatic ring is 1. The number of nitrogens with one attached hydrogen (secondary N) is 1. The third-order valence-electron chi connectivity index (χ3n) is 3.33. The van der Waals surface area contributed by atoms with E-state index in [0.717, 1.165) is 19.3 Å². The number of nitrogens with two attached hydrogens (primary N) is 1. The Morgan fingerprint density at radius 1 is 1.53 bits per heavy atom. The maximum atomic E-state index is 9.27. The van der Waals surface area contributed by atoms with E-state index in [1.807, 2.05) is 0 Å². The van der Waals surface area contributed by atoms with E-state index in [1.54, 1.807) is 19.2 Å². The summed E-state index contributed by atoms with van der Waals surface area (Å²) in [5.74, 6) is 1.48. The van der Waals surface area contributed by atoms with Gasteiger partial charge in [-0.25, -0.2) is 0 Å². The second-order valence-electron chi connectivity index (χ2n) is 4.42. The van der Waals surface area contributed by atoms with E-state index in [2.05, 4.69) is 10.3 Å². The lowest BCUT2D eigenvalue weighted by Gasteiger charge is -2.20. The first-order chi connectivity index (χ1) is 8.24. The van der Waals surface area contributed by atoms with Crippen LogP contribution in [0.2, 0.25) is 0 Å². The first-order valence-electron chi connectivity index (χ1n) is 5.92. The van der Waals surface area contributed by atoms with Gasteiger partial charge >= 0.3 is 0 Å². The van der Waals surface area contributed by atoms with Crippen LogP contribution in [-0.4, -0.2) is 29.8 Å². The van der Waals surface area contributed by atoms with E-state index >= 15 is 0 Å². The number of methoxy groups -OCH3 is 1. The van der Waals surface area contributed by atoms with Crippen molar-refractivity contribution in [2.45, 2.75) is 25.3 Å². The van der Waals surface area contributed by atoms with E-state index < -0.39 is 0 Å². The molecule has 0 spiro atoms. The van der Waals surface area contributed by atoms with Gasteiger partial charge in [0.15, 0.2) is 5.82 Å². The Morgan fingerprint density at radius 2 is 2.35 bits per heavy atom. The lowest BCUT2D eigenvalue weighted by atomic mass is 10.1. The lowest BCUT2D eigenvalue weighted by Crippen LogP contribution is -2.27. The van der Waals surface area contributed by atoms with Crippen molar-refractivity contribution in [2.24, 2.45) is 5.92 Å². The van der Waals surface area contributed by atoms with Gasteiger partial charge in [0, 0.05) is 24.6 Å². The average molecular weight is 237 g/mol. The Balaban J connectivity index is 2.12. The van der Waals surface area contributed by atoms with Gasteiger partial charge in [0.25, 0.3) is 0 Å². The lowest BCUT2D eigenvalue weighted by molar-refractivity contribution is 0.222. The molecular weight excluding hydrogens is 218 g/mol. The van der Waals surface area contributed by atoms with Crippen molar-refractivity contribution in [1.82, 2.24) is 4.98 Å². The van der Waals surface area contributed by atoms with Gasteiger partial charge in [-0.2, -0.15) is 4.98 Å². The molecule has 94 valence electrons. The van der Waals surface area contributed by atoms with Crippen molar-refractivity contribution < 1.29 is 9.84 Å². The maximum absolute atomic E-state index is 9.27. The molecule has 2 unspecified atom stereocenters. The molecule has 1 heterocycles. The summed E-state index contributed by atoms with van der Waals surface area (Å²) in [5, 5.41) is 12.6. The summed E-state index contributed by atoms with van der Waals surface area (Å²) in [6.45, 7) is 0.210. The van der Waals surface area contributed by atoms with E-state index in [-0.39, 0.29) is 12.6 Å². The summed E-state index contributed by atoms with van der Waals surface area (Å²) < 4.78 is 5.07. The minimum Gasteiger partial charge on any atom is -0.481 e. The highest BCUT2D eigenvalue weighted by Crippen LogP contribution is 2.30. The number of ether oxygens (including phenoxy) is 1. The number of pyridine rings is 1. The van der Waals surface area contributed by atoms with Crippen molar-refractivity contribution in [2.75, 3.05) is 24.8 Å². The summed E-state index contributed by atoms with van der Waals surface area (Å²) in [5.41, 5.74) is 6.47. The van der Waals surface area contributed by atoms with E-state index in [4.69, 9.17) is 10.5 Å². The molecule has 0 aromatic carbocycles. The SMILES string of the molecule is COc1ccc(N)c(NC2CCCC2CO)n1. The van der Waals surface area contributed by atoms with Crippen molar-refractivity contribution >= 4 is 11.5 Å². The van der Waals surface area contributed by atoms with Gasteiger partial charge in [-0.05, 0) is 18.9 Å². The second kappa shape index (κ2) is 5.23. The summed E-state index contributed by atoms with van der Waals surface area (Å²) >= 11 is 0. The van der Waals surface area contributed by atoms with Crippen LogP contribution in [0.25, 0.3) is 0 Å². The minimum absolute atomic E-state index is 0.210. The molecule has 0 aliphatic heterocycles. The first kappa shape index (κ1) is 12.0. The molecule has 4 N–H and O–H groups in total. The maximum Gasteiger partial charge on any atom is 0.215 e. The quantitative estimate of drug-likeness (QED) is 0.734. The monoisotopic (exact) mass is 237 g/mol. The summed E-state index contributed by atoms with van der Waals surface area (Å²) in [6.07, 6.45) is 3.23. The molecule has 1 aliphatic carbocycles.